The number of benzene rings is 1. The van der Waals surface area contributed by atoms with Crippen molar-refractivity contribution >= 4 is 13.3 Å². The molecular formula is C6H6O3P+. The molecule has 0 fully saturated rings. The molecule has 4 heteroatoms. The lowest BCUT2D eigenvalue weighted by Crippen LogP contribution is -1.94. The molecule has 1 unspecified atom stereocenters. The molecule has 0 saturated heterocycles. The maximum absolute atomic E-state index is 10.7. The molecule has 1 N–H and O–H groups in total. The van der Waals surface area contributed by atoms with E-state index in [-0.39, 0.29) is 0 Å². The lowest BCUT2D eigenvalue weighted by molar-refractivity contribution is -0.128. The van der Waals surface area contributed by atoms with Crippen LogP contribution >= 0.6 is 8.03 Å². The van der Waals surface area contributed by atoms with E-state index in [9.17, 15) is 4.57 Å². The van der Waals surface area contributed by atoms with Gasteiger partial charge in [-0.05, 0) is 16.7 Å². The van der Waals surface area contributed by atoms with Crippen molar-refractivity contribution in [3.63, 3.8) is 0 Å². The van der Waals surface area contributed by atoms with Crippen LogP contribution in [0.2, 0.25) is 0 Å². The minimum absolute atomic E-state index is 0.486. The standard InChI is InChI=1S/C6H5O3P/c7-9-10(8)6-4-2-1-3-5-6/h1-5H/p+1. The molecule has 1 aromatic rings. The highest BCUT2D eigenvalue weighted by atomic mass is 31.1. The topological polar surface area (TPSA) is 46.5 Å². The molecule has 1 rings (SSSR count). The van der Waals surface area contributed by atoms with E-state index < -0.39 is 8.03 Å². The summed E-state index contributed by atoms with van der Waals surface area (Å²) in [7, 11) is -2.07. The normalized spacial score (nSPS) is 11.1. The van der Waals surface area contributed by atoms with Crippen LogP contribution in [0.4, 0.5) is 0 Å². The van der Waals surface area contributed by atoms with Gasteiger partial charge in [-0.1, -0.05) is 18.2 Å². The summed E-state index contributed by atoms with van der Waals surface area (Å²) >= 11 is 0. The van der Waals surface area contributed by atoms with Crippen LogP contribution in [0.25, 0.3) is 0 Å². The van der Waals surface area contributed by atoms with Gasteiger partial charge in [0, 0.05) is 4.67 Å². The summed E-state index contributed by atoms with van der Waals surface area (Å²) in [6.07, 6.45) is 0. The summed E-state index contributed by atoms with van der Waals surface area (Å²) in [5.41, 5.74) is 0. The van der Waals surface area contributed by atoms with E-state index in [1.807, 2.05) is 0 Å². The molecule has 3 nitrogen and oxygen atoms in total. The third-order valence-corrected chi connectivity index (χ3v) is 1.91. The van der Waals surface area contributed by atoms with Crippen molar-refractivity contribution in [1.29, 1.82) is 0 Å². The van der Waals surface area contributed by atoms with Crippen LogP contribution in [0, 0.1) is 0 Å². The van der Waals surface area contributed by atoms with E-state index >= 15 is 0 Å². The van der Waals surface area contributed by atoms with Crippen molar-refractivity contribution in [2.24, 2.45) is 0 Å². The minimum atomic E-state index is -2.07. The molecule has 0 bridgehead atoms. The van der Waals surface area contributed by atoms with E-state index in [4.69, 9.17) is 5.26 Å². The molecule has 0 aliphatic carbocycles. The Kier molecular flexibility index (Phi) is 2.51. The first kappa shape index (κ1) is 7.35. The number of hydrogen-bond donors (Lipinski definition) is 1. The predicted molar refractivity (Wildman–Crippen MR) is 37.4 cm³/mol. The predicted octanol–water partition coefficient (Wildman–Crippen LogP) is 1.54. The number of rotatable bonds is 2. The van der Waals surface area contributed by atoms with Gasteiger partial charge in [0.25, 0.3) is 0 Å². The van der Waals surface area contributed by atoms with Crippen LogP contribution < -0.4 is 5.30 Å². The van der Waals surface area contributed by atoms with Crippen molar-refractivity contribution in [1.82, 2.24) is 0 Å². The zero-order chi connectivity index (χ0) is 7.40. The summed E-state index contributed by atoms with van der Waals surface area (Å²) < 4.78 is 14.3. The molecular weight excluding hydrogens is 151 g/mol. The smallest absolute Gasteiger partial charge is 0.204 e. The van der Waals surface area contributed by atoms with Crippen molar-refractivity contribution in [3.8, 4) is 0 Å². The van der Waals surface area contributed by atoms with Crippen LogP contribution in [0.1, 0.15) is 0 Å². The third-order valence-electron chi connectivity index (χ3n) is 1.04. The average Bonchev–Trinajstić information content (AvgIpc) is 2.05. The second-order valence-electron chi connectivity index (χ2n) is 1.67. The van der Waals surface area contributed by atoms with Gasteiger partial charge in [0.15, 0.2) is 0 Å². The highest BCUT2D eigenvalue weighted by Gasteiger charge is 2.20. The Balaban J connectivity index is 2.85. The molecule has 0 aliphatic rings. The van der Waals surface area contributed by atoms with Crippen LogP contribution in [-0.2, 0) is 9.24 Å². The Bertz CT molecular complexity index is 222. The molecule has 0 radical (unpaired) electrons. The van der Waals surface area contributed by atoms with Crippen molar-refractivity contribution < 1.29 is 14.5 Å². The molecule has 0 aliphatic heterocycles. The Morgan fingerprint density at radius 2 is 1.90 bits per heavy atom. The minimum Gasteiger partial charge on any atom is -0.204 e. The maximum atomic E-state index is 10.7. The summed E-state index contributed by atoms with van der Waals surface area (Å²) in [6, 6.07) is 8.48. The van der Waals surface area contributed by atoms with Crippen molar-refractivity contribution in [3.05, 3.63) is 30.3 Å². The Morgan fingerprint density at radius 1 is 1.30 bits per heavy atom. The van der Waals surface area contributed by atoms with Gasteiger partial charge < -0.3 is 0 Å². The molecule has 0 heterocycles. The molecule has 0 saturated carbocycles. The van der Waals surface area contributed by atoms with E-state index in [1.165, 1.54) is 0 Å². The van der Waals surface area contributed by atoms with Gasteiger partial charge in [0.05, 0.1) is 0 Å². The van der Waals surface area contributed by atoms with Crippen LogP contribution in [0.15, 0.2) is 30.3 Å². The van der Waals surface area contributed by atoms with Gasteiger partial charge in [0.2, 0.25) is 5.30 Å². The SMILES string of the molecule is O=[P+](OO)c1ccccc1. The molecule has 52 valence electrons. The lowest BCUT2D eigenvalue weighted by atomic mass is 10.4. The first-order valence-electron chi connectivity index (χ1n) is 2.68. The first-order valence-corrected chi connectivity index (χ1v) is 3.86. The first-order chi connectivity index (χ1) is 4.84. The monoisotopic (exact) mass is 157 g/mol. The van der Waals surface area contributed by atoms with Gasteiger partial charge >= 0.3 is 8.03 Å². The van der Waals surface area contributed by atoms with E-state index in [0.717, 1.165) is 0 Å². The largest absolute Gasteiger partial charge is 0.579 e. The third kappa shape index (κ3) is 1.61. The summed E-state index contributed by atoms with van der Waals surface area (Å²) in [4.78, 5) is 0. The van der Waals surface area contributed by atoms with Crippen molar-refractivity contribution in [2.75, 3.05) is 0 Å². The molecule has 1 atom stereocenters. The summed E-state index contributed by atoms with van der Waals surface area (Å²) in [5.74, 6) is 0. The zero-order valence-corrected chi connectivity index (χ0v) is 5.99. The highest BCUT2D eigenvalue weighted by Crippen LogP contribution is 2.17. The molecule has 0 amide bonds. The van der Waals surface area contributed by atoms with E-state index in [2.05, 4.69) is 4.67 Å². The average molecular weight is 157 g/mol. The van der Waals surface area contributed by atoms with Crippen LogP contribution in [0.3, 0.4) is 0 Å². The van der Waals surface area contributed by atoms with Crippen molar-refractivity contribution in [2.45, 2.75) is 0 Å². The van der Waals surface area contributed by atoms with Gasteiger partial charge in [-0.2, -0.15) is 0 Å². The second-order valence-corrected chi connectivity index (χ2v) is 2.87. The van der Waals surface area contributed by atoms with Gasteiger partial charge in [-0.3, -0.25) is 0 Å². The zero-order valence-electron chi connectivity index (χ0n) is 5.10. The van der Waals surface area contributed by atoms with Gasteiger partial charge in [-0.25, -0.2) is 5.26 Å². The summed E-state index contributed by atoms with van der Waals surface area (Å²) in [5, 5.41) is 8.49. The van der Waals surface area contributed by atoms with Gasteiger partial charge in [0.1, 0.15) is 0 Å². The fourth-order valence-corrected chi connectivity index (χ4v) is 1.11. The molecule has 1 aromatic carbocycles. The fraction of sp³-hybridized carbons (Fsp3) is 0. The Labute approximate surface area is 59.1 Å². The van der Waals surface area contributed by atoms with E-state index in [0.29, 0.717) is 5.30 Å². The second kappa shape index (κ2) is 3.42. The Hall–Kier alpha value is -0.760. The van der Waals surface area contributed by atoms with E-state index in [1.54, 1.807) is 30.3 Å². The van der Waals surface area contributed by atoms with Crippen LogP contribution in [-0.4, -0.2) is 5.26 Å². The van der Waals surface area contributed by atoms with Crippen LogP contribution in [0.5, 0.6) is 0 Å². The molecule has 0 aromatic heterocycles. The lowest BCUT2D eigenvalue weighted by Gasteiger charge is -1.79. The maximum Gasteiger partial charge on any atom is 0.579 e. The summed E-state index contributed by atoms with van der Waals surface area (Å²) in [6.45, 7) is 0. The Morgan fingerprint density at radius 3 is 2.40 bits per heavy atom. The quantitative estimate of drug-likeness (QED) is 0.402. The molecule has 0 spiro atoms. The number of hydrogen-bond acceptors (Lipinski definition) is 3. The highest BCUT2D eigenvalue weighted by molar-refractivity contribution is 7.48. The molecule has 10 heavy (non-hydrogen) atoms. The van der Waals surface area contributed by atoms with Gasteiger partial charge in [-0.15, -0.1) is 0 Å². The fourth-order valence-electron chi connectivity index (χ4n) is 0.597.